The van der Waals surface area contributed by atoms with Crippen LogP contribution in [0, 0.1) is 0 Å². The van der Waals surface area contributed by atoms with Gasteiger partial charge in [-0.25, -0.2) is 4.79 Å². The van der Waals surface area contributed by atoms with E-state index in [0.717, 1.165) is 34.3 Å². The highest BCUT2D eigenvalue weighted by Gasteiger charge is 2.11. The molecule has 0 aliphatic rings. The number of benzene rings is 1. The first-order valence-electron chi connectivity index (χ1n) is 6.12. The molecule has 0 spiro atoms. The van der Waals surface area contributed by atoms with Gasteiger partial charge in [0, 0.05) is 24.7 Å². The van der Waals surface area contributed by atoms with Gasteiger partial charge in [-0.3, -0.25) is 4.68 Å². The predicted molar refractivity (Wildman–Crippen MR) is 73.9 cm³/mol. The van der Waals surface area contributed by atoms with Gasteiger partial charge in [-0.2, -0.15) is 5.10 Å². The van der Waals surface area contributed by atoms with Gasteiger partial charge in [-0.15, -0.1) is 0 Å². The molecule has 0 aliphatic heterocycles. The molecule has 0 saturated carbocycles. The number of rotatable bonds is 3. The number of aromatic amines is 2. The number of aryl methyl sites for hydroxylation is 1. The van der Waals surface area contributed by atoms with E-state index < -0.39 is 0 Å². The Kier molecular flexibility index (Phi) is 2.72. The van der Waals surface area contributed by atoms with Gasteiger partial charge in [0.25, 0.3) is 0 Å². The first-order valence-corrected chi connectivity index (χ1v) is 6.12. The van der Waals surface area contributed by atoms with Crippen LogP contribution in [-0.4, -0.2) is 26.3 Å². The Bertz CT molecular complexity index is 780. The normalized spacial score (nSPS) is 11.3. The Morgan fingerprint density at radius 2 is 2.11 bits per heavy atom. The molecule has 3 aromatic rings. The fourth-order valence-corrected chi connectivity index (χ4v) is 2.34. The van der Waals surface area contributed by atoms with Gasteiger partial charge in [-0.1, -0.05) is 6.07 Å². The number of hydrogen-bond donors (Lipinski definition) is 3. The summed E-state index contributed by atoms with van der Waals surface area (Å²) >= 11 is 0. The van der Waals surface area contributed by atoms with E-state index in [9.17, 15) is 4.79 Å². The van der Waals surface area contributed by atoms with Crippen LogP contribution < -0.4 is 11.4 Å². The molecule has 2 heterocycles. The monoisotopic (exact) mass is 257 g/mol. The quantitative estimate of drug-likeness (QED) is 0.646. The number of aromatic nitrogens is 4. The summed E-state index contributed by atoms with van der Waals surface area (Å²) in [5.74, 6) is 0. The van der Waals surface area contributed by atoms with Crippen LogP contribution in [-0.2, 0) is 13.5 Å². The minimum atomic E-state index is -0.194. The molecule has 6 nitrogen and oxygen atoms in total. The lowest BCUT2D eigenvalue weighted by molar-refractivity contribution is 0.707. The standard InChI is InChI=1S/C13H15N5O/c1-18-12(4-5-14)9(7-15-18)8-2-3-10-11(6-8)17-13(19)16-10/h2-3,6-7H,4-5,14H2,1H3,(H2,16,17,19). The van der Waals surface area contributed by atoms with Crippen LogP contribution >= 0.6 is 0 Å². The third kappa shape index (κ3) is 1.96. The third-order valence-electron chi connectivity index (χ3n) is 3.27. The van der Waals surface area contributed by atoms with Crippen LogP contribution in [0.25, 0.3) is 22.2 Å². The molecule has 1 aromatic carbocycles. The summed E-state index contributed by atoms with van der Waals surface area (Å²) < 4.78 is 1.84. The van der Waals surface area contributed by atoms with Gasteiger partial charge in [-0.05, 0) is 24.2 Å². The maximum absolute atomic E-state index is 11.3. The van der Waals surface area contributed by atoms with Crippen LogP contribution in [0.1, 0.15) is 5.69 Å². The Balaban J connectivity index is 2.15. The molecule has 0 saturated heterocycles. The summed E-state index contributed by atoms with van der Waals surface area (Å²) in [4.78, 5) is 16.8. The molecule has 3 rings (SSSR count). The van der Waals surface area contributed by atoms with Crippen molar-refractivity contribution in [1.82, 2.24) is 19.7 Å². The lowest BCUT2D eigenvalue weighted by atomic mass is 10.0. The smallest absolute Gasteiger partial charge is 0.323 e. The van der Waals surface area contributed by atoms with E-state index in [4.69, 9.17) is 5.73 Å². The zero-order valence-electron chi connectivity index (χ0n) is 10.6. The van der Waals surface area contributed by atoms with Crippen LogP contribution in [0.2, 0.25) is 0 Å². The lowest BCUT2D eigenvalue weighted by Gasteiger charge is -2.05. The van der Waals surface area contributed by atoms with Crippen LogP contribution in [0.3, 0.4) is 0 Å². The minimum Gasteiger partial charge on any atom is -0.330 e. The number of imidazole rings is 1. The summed E-state index contributed by atoms with van der Waals surface area (Å²) in [7, 11) is 1.91. The largest absolute Gasteiger partial charge is 0.330 e. The van der Waals surface area contributed by atoms with E-state index in [0.29, 0.717) is 6.54 Å². The fraction of sp³-hybridized carbons (Fsp3) is 0.231. The Morgan fingerprint density at radius 3 is 2.89 bits per heavy atom. The molecule has 0 amide bonds. The number of nitrogens with zero attached hydrogens (tertiary/aromatic N) is 2. The number of nitrogens with two attached hydrogens (primary N) is 1. The average Bonchev–Trinajstić information content (AvgIpc) is 2.92. The van der Waals surface area contributed by atoms with Crippen molar-refractivity contribution in [3.05, 3.63) is 40.6 Å². The van der Waals surface area contributed by atoms with Crippen molar-refractivity contribution in [3.63, 3.8) is 0 Å². The SMILES string of the molecule is Cn1ncc(-c2ccc3[nH]c(=O)[nH]c3c2)c1CCN. The van der Waals surface area contributed by atoms with E-state index in [1.54, 1.807) is 0 Å². The Labute approximate surface area is 109 Å². The first-order chi connectivity index (χ1) is 9.19. The molecular weight excluding hydrogens is 242 g/mol. The molecule has 0 aliphatic carbocycles. The van der Waals surface area contributed by atoms with Gasteiger partial charge in [0.05, 0.1) is 17.2 Å². The third-order valence-corrected chi connectivity index (χ3v) is 3.27. The van der Waals surface area contributed by atoms with Crippen molar-refractivity contribution >= 4 is 11.0 Å². The molecule has 0 bridgehead atoms. The molecule has 0 radical (unpaired) electrons. The molecule has 4 N–H and O–H groups in total. The van der Waals surface area contributed by atoms with Crippen LogP contribution in [0.15, 0.2) is 29.2 Å². The molecule has 0 fully saturated rings. The van der Waals surface area contributed by atoms with Crippen molar-refractivity contribution in [3.8, 4) is 11.1 Å². The minimum absolute atomic E-state index is 0.194. The van der Waals surface area contributed by atoms with E-state index >= 15 is 0 Å². The highest BCUT2D eigenvalue weighted by atomic mass is 16.1. The molecule has 2 aromatic heterocycles. The molecule has 0 unspecified atom stereocenters. The van der Waals surface area contributed by atoms with Crippen LogP contribution in [0.5, 0.6) is 0 Å². The second-order valence-corrected chi connectivity index (χ2v) is 4.51. The summed E-state index contributed by atoms with van der Waals surface area (Å²) in [5, 5.41) is 4.28. The Hall–Kier alpha value is -2.34. The number of nitrogens with one attached hydrogen (secondary N) is 2. The highest BCUT2D eigenvalue weighted by Crippen LogP contribution is 2.25. The van der Waals surface area contributed by atoms with Crippen molar-refractivity contribution < 1.29 is 0 Å². The second-order valence-electron chi connectivity index (χ2n) is 4.51. The maximum Gasteiger partial charge on any atom is 0.323 e. The fourth-order valence-electron chi connectivity index (χ4n) is 2.34. The number of hydrogen-bond acceptors (Lipinski definition) is 3. The van der Waals surface area contributed by atoms with E-state index in [2.05, 4.69) is 15.1 Å². The summed E-state index contributed by atoms with van der Waals surface area (Å²) in [6.45, 7) is 0.579. The zero-order chi connectivity index (χ0) is 13.4. The van der Waals surface area contributed by atoms with Gasteiger partial charge >= 0.3 is 5.69 Å². The second kappa shape index (κ2) is 4.40. The summed E-state index contributed by atoms with van der Waals surface area (Å²) in [5.41, 5.74) is 10.2. The molecular formula is C13H15N5O. The number of H-pyrrole nitrogens is 2. The van der Waals surface area contributed by atoms with Gasteiger partial charge in [0.1, 0.15) is 0 Å². The molecule has 0 atom stereocenters. The lowest BCUT2D eigenvalue weighted by Crippen LogP contribution is -2.08. The van der Waals surface area contributed by atoms with Gasteiger partial charge < -0.3 is 15.7 Å². The first kappa shape index (κ1) is 11.7. The molecule has 98 valence electrons. The topological polar surface area (TPSA) is 92.5 Å². The van der Waals surface area contributed by atoms with Crippen molar-refractivity contribution in [2.45, 2.75) is 6.42 Å². The van der Waals surface area contributed by atoms with Gasteiger partial charge in [0.15, 0.2) is 0 Å². The average molecular weight is 257 g/mol. The Morgan fingerprint density at radius 1 is 1.32 bits per heavy atom. The summed E-state index contributed by atoms with van der Waals surface area (Å²) in [6.07, 6.45) is 2.60. The van der Waals surface area contributed by atoms with Crippen molar-refractivity contribution in [1.29, 1.82) is 0 Å². The van der Waals surface area contributed by atoms with E-state index in [1.807, 2.05) is 36.1 Å². The van der Waals surface area contributed by atoms with E-state index in [-0.39, 0.29) is 5.69 Å². The van der Waals surface area contributed by atoms with Crippen molar-refractivity contribution in [2.75, 3.05) is 6.54 Å². The maximum atomic E-state index is 11.3. The van der Waals surface area contributed by atoms with Crippen molar-refractivity contribution in [2.24, 2.45) is 12.8 Å². The molecule has 19 heavy (non-hydrogen) atoms. The van der Waals surface area contributed by atoms with Gasteiger partial charge in [0.2, 0.25) is 0 Å². The predicted octanol–water partition coefficient (Wildman–Crippen LogP) is 0.758. The number of fused-ring (bicyclic) bond motifs is 1. The summed E-state index contributed by atoms with van der Waals surface area (Å²) in [6, 6.07) is 5.81. The molecule has 6 heteroatoms. The highest BCUT2D eigenvalue weighted by molar-refractivity contribution is 5.81. The zero-order valence-corrected chi connectivity index (χ0v) is 10.6. The van der Waals surface area contributed by atoms with Crippen LogP contribution in [0.4, 0.5) is 0 Å². The van der Waals surface area contributed by atoms with E-state index in [1.165, 1.54) is 0 Å².